The summed E-state index contributed by atoms with van der Waals surface area (Å²) in [5.74, 6) is 2.12. The van der Waals surface area contributed by atoms with Crippen LogP contribution in [0.25, 0.3) is 50.0 Å². The van der Waals surface area contributed by atoms with E-state index in [9.17, 15) is 0 Å². The van der Waals surface area contributed by atoms with Crippen molar-refractivity contribution in [2.45, 2.75) is 53.4 Å². The van der Waals surface area contributed by atoms with Gasteiger partial charge in [0.1, 0.15) is 0 Å². The van der Waals surface area contributed by atoms with Gasteiger partial charge < -0.3 is 0 Å². The van der Waals surface area contributed by atoms with Crippen molar-refractivity contribution in [1.82, 2.24) is 18.5 Å². The van der Waals surface area contributed by atoms with Crippen molar-refractivity contribution >= 4 is 27.3 Å². The van der Waals surface area contributed by atoms with Gasteiger partial charge in [0.2, 0.25) is 0 Å². The molecule has 0 unspecified atom stereocenters. The molecule has 13 rings (SSSR count). The summed E-state index contributed by atoms with van der Waals surface area (Å²) in [7, 11) is 0. The zero-order valence-electron chi connectivity index (χ0n) is 31.9. The van der Waals surface area contributed by atoms with E-state index in [-0.39, 0.29) is 0 Å². The number of pyridine rings is 2. The number of imidazole rings is 1. The molecule has 6 heterocycles. The Labute approximate surface area is 337 Å². The molecule has 0 saturated heterocycles. The summed E-state index contributed by atoms with van der Waals surface area (Å²) in [5.41, 5.74) is 17.1. The van der Waals surface area contributed by atoms with Gasteiger partial charge >= 0.3 is 261 Å². The van der Waals surface area contributed by atoms with Crippen molar-refractivity contribution in [2.24, 2.45) is 0 Å². The molecular formula is C50H40N4OPt-2. The first-order valence-corrected chi connectivity index (χ1v) is 20.4. The van der Waals surface area contributed by atoms with Gasteiger partial charge in [-0.1, -0.05) is 42.5 Å². The van der Waals surface area contributed by atoms with E-state index in [1.54, 1.807) is 0 Å². The number of hydrogen-bond acceptors (Lipinski definition) is 2. The van der Waals surface area contributed by atoms with Gasteiger partial charge in [0, 0.05) is 11.3 Å². The van der Waals surface area contributed by atoms with Gasteiger partial charge in [0.15, 0.2) is 0 Å². The Morgan fingerprint density at radius 2 is 1.36 bits per heavy atom. The molecule has 0 fully saturated rings. The maximum atomic E-state index is 6.60. The third-order valence-corrected chi connectivity index (χ3v) is 12.8. The number of fused-ring (bicyclic) bond motifs is 3. The second kappa shape index (κ2) is 13.8. The SMILES string of the molecule is Cc1cc(-n2c3[c-]c(Oc4[c-]c(-n5cc6c7ccc(n6[c]5=[Pt])CCc5ccc(c(C)c5C)CC7)ccc4)ccc3c3ccccc32)nc(C)c1-c1ccccc1. The summed E-state index contributed by atoms with van der Waals surface area (Å²) in [6.45, 7) is 8.84. The Morgan fingerprint density at radius 3 is 2.16 bits per heavy atom. The molecule has 278 valence electrons. The van der Waals surface area contributed by atoms with Crippen molar-refractivity contribution in [3.05, 3.63) is 182 Å². The normalized spacial score (nSPS) is 12.8. The first kappa shape index (κ1) is 34.7. The van der Waals surface area contributed by atoms with Gasteiger partial charge in [-0.2, -0.15) is 0 Å². The molecule has 0 N–H and O–H groups in total. The van der Waals surface area contributed by atoms with E-state index in [1.807, 2.05) is 24.3 Å². The standard InChI is InChI=1S/C50H40N4O.Pt/c1-32-27-49(51-35(4)50(32)39-11-6-5-7-12-39)54-46-16-9-8-15-44(46)45-26-25-43(29-47(45)54)55-42-14-10-13-41(28-42)52-30-48-38-20-19-36-17-18-37(34(3)33(36)2)21-23-40(24-22-38)53(48)31-52;/h5-18,22,24-27,30H,19-21,23H2,1-4H3;/q-2;. The van der Waals surface area contributed by atoms with E-state index in [1.165, 1.54) is 55.7 Å². The van der Waals surface area contributed by atoms with Crippen molar-refractivity contribution in [3.8, 4) is 34.1 Å². The molecule has 4 aromatic heterocycles. The molecule has 0 spiro atoms. The topological polar surface area (TPSA) is 36.4 Å². The van der Waals surface area contributed by atoms with Crippen LogP contribution in [0.3, 0.4) is 0 Å². The Bertz CT molecular complexity index is 3050. The Morgan fingerprint density at radius 1 is 0.643 bits per heavy atom. The summed E-state index contributed by atoms with van der Waals surface area (Å²) < 4.78 is 14.6. The van der Waals surface area contributed by atoms with E-state index in [4.69, 9.17) is 9.72 Å². The van der Waals surface area contributed by atoms with Gasteiger partial charge in [0.05, 0.1) is 0 Å². The van der Waals surface area contributed by atoms with Crippen molar-refractivity contribution in [2.75, 3.05) is 0 Å². The summed E-state index contributed by atoms with van der Waals surface area (Å²) in [5, 5.41) is 2.25. The molecule has 0 amide bonds. The van der Waals surface area contributed by atoms with Crippen LogP contribution in [-0.2, 0) is 45.0 Å². The minimum Gasteiger partial charge on any atom is -0.0622 e. The van der Waals surface area contributed by atoms with Crippen LogP contribution >= 0.6 is 0 Å². The van der Waals surface area contributed by atoms with E-state index < -0.39 is 0 Å². The van der Waals surface area contributed by atoms with Crippen LogP contribution in [0.5, 0.6) is 11.5 Å². The molecule has 0 saturated carbocycles. The Kier molecular flexibility index (Phi) is 8.52. The second-order valence-corrected chi connectivity index (χ2v) is 16.0. The van der Waals surface area contributed by atoms with Gasteiger partial charge in [-0.15, -0.1) is 0 Å². The maximum absolute atomic E-state index is 6.60. The molecule has 6 heteroatoms. The third kappa shape index (κ3) is 5.80. The first-order valence-electron chi connectivity index (χ1n) is 19.3. The van der Waals surface area contributed by atoms with Gasteiger partial charge in [0.25, 0.3) is 0 Å². The smallest absolute Gasteiger partial charge is 0.0622 e. The van der Waals surface area contributed by atoms with Crippen molar-refractivity contribution < 1.29 is 24.1 Å². The van der Waals surface area contributed by atoms with Gasteiger partial charge in [-0.25, -0.2) is 0 Å². The molecule has 5 nitrogen and oxygen atoms in total. The molecule has 9 aromatic rings. The fraction of sp³-hybridized carbons (Fsp3) is 0.160. The summed E-state index contributed by atoms with van der Waals surface area (Å²) >= 11 is 2.48. The first-order chi connectivity index (χ1) is 27.3. The average molecular weight is 908 g/mol. The fourth-order valence-electron chi connectivity index (χ4n) is 8.74. The molecule has 0 atom stereocenters. The van der Waals surface area contributed by atoms with Crippen LogP contribution in [0.1, 0.15) is 44.8 Å². The van der Waals surface area contributed by atoms with Crippen LogP contribution in [0, 0.1) is 43.6 Å². The van der Waals surface area contributed by atoms with Crippen molar-refractivity contribution in [1.29, 1.82) is 0 Å². The number of rotatable bonds is 5. The Balaban J connectivity index is 1.03. The number of benzene rings is 5. The molecule has 56 heavy (non-hydrogen) atoms. The zero-order chi connectivity index (χ0) is 38.1. The van der Waals surface area contributed by atoms with E-state index in [2.05, 4.69) is 170 Å². The summed E-state index contributed by atoms with van der Waals surface area (Å²) in [6.07, 6.45) is 6.26. The van der Waals surface area contributed by atoms with E-state index >= 15 is 0 Å². The van der Waals surface area contributed by atoms with Gasteiger partial charge in [-0.3, -0.25) is 0 Å². The second-order valence-electron chi connectivity index (χ2n) is 15.0. The molecular weight excluding hydrogens is 868 g/mol. The number of aryl methyl sites for hydroxylation is 6. The number of ether oxygens (including phenoxy) is 1. The van der Waals surface area contributed by atoms with Crippen LogP contribution in [-0.4, -0.2) is 18.5 Å². The molecule has 4 aliphatic rings. The van der Waals surface area contributed by atoms with Crippen LogP contribution in [0.4, 0.5) is 0 Å². The molecule has 4 bridgehead atoms. The average Bonchev–Trinajstić information content (AvgIpc) is 3.72. The minimum absolute atomic E-state index is 0.624. The minimum atomic E-state index is 0.624. The van der Waals surface area contributed by atoms with E-state index in [0.717, 1.165) is 68.5 Å². The van der Waals surface area contributed by atoms with Crippen LogP contribution in [0.15, 0.2) is 121 Å². The monoisotopic (exact) mass is 907 g/mol. The number of nitrogens with zero attached hydrogens (tertiary/aromatic N) is 4. The van der Waals surface area contributed by atoms with E-state index in [0.29, 0.717) is 11.5 Å². The van der Waals surface area contributed by atoms with Gasteiger partial charge in [-0.05, 0) is 25.0 Å². The summed E-state index contributed by atoms with van der Waals surface area (Å²) in [6, 6.07) is 48.0. The molecule has 2 aliphatic carbocycles. The predicted molar refractivity (Wildman–Crippen MR) is 222 cm³/mol. The molecule has 0 radical (unpaired) electrons. The Hall–Kier alpha value is -5.77. The number of para-hydroxylation sites is 1. The zero-order valence-corrected chi connectivity index (χ0v) is 34.2. The predicted octanol–water partition coefficient (Wildman–Crippen LogP) is 11.5. The number of aromatic nitrogens is 4. The molecule has 2 aliphatic heterocycles. The third-order valence-electron chi connectivity index (χ3n) is 11.7. The summed E-state index contributed by atoms with van der Waals surface area (Å²) in [4.78, 5) is 5.19. The number of hydrogen-bond donors (Lipinski definition) is 0. The van der Waals surface area contributed by atoms with Crippen LogP contribution < -0.4 is 4.74 Å². The molecule has 5 aromatic carbocycles. The van der Waals surface area contributed by atoms with Crippen LogP contribution in [0.2, 0.25) is 0 Å². The fourth-order valence-corrected chi connectivity index (χ4v) is 9.77. The quantitative estimate of drug-likeness (QED) is 0.161. The van der Waals surface area contributed by atoms with Crippen molar-refractivity contribution in [3.63, 3.8) is 0 Å².